The lowest BCUT2D eigenvalue weighted by molar-refractivity contribution is 0.152. The van der Waals surface area contributed by atoms with Gasteiger partial charge in [0.05, 0.1) is 0 Å². The molecule has 0 aromatic heterocycles. The molecule has 3 nitrogen and oxygen atoms in total. The number of piperazine rings is 1. The highest BCUT2D eigenvalue weighted by Gasteiger charge is 2.12. The molecule has 1 saturated heterocycles. The Kier molecular flexibility index (Phi) is 7.01. The summed E-state index contributed by atoms with van der Waals surface area (Å²) in [6.45, 7) is 11.9. The summed E-state index contributed by atoms with van der Waals surface area (Å²) >= 11 is 0. The summed E-state index contributed by atoms with van der Waals surface area (Å²) in [5, 5.41) is 3.47. The van der Waals surface area contributed by atoms with E-state index in [1.54, 1.807) is 0 Å². The maximum atomic E-state index is 3.47. The Hall–Kier alpha value is -0.120. The molecule has 0 atom stereocenters. The van der Waals surface area contributed by atoms with Gasteiger partial charge in [-0.1, -0.05) is 20.3 Å². The number of nitrogens with one attached hydrogen (secondary N) is 1. The number of hydrogen-bond acceptors (Lipinski definition) is 3. The van der Waals surface area contributed by atoms with Crippen molar-refractivity contribution in [2.45, 2.75) is 39.2 Å². The number of likely N-dealkylation sites (N-methyl/N-ethyl adjacent to an activating group) is 1. The summed E-state index contributed by atoms with van der Waals surface area (Å²) in [6, 6.07) is 0.637. The van der Waals surface area contributed by atoms with E-state index in [4.69, 9.17) is 0 Å². The van der Waals surface area contributed by atoms with Gasteiger partial charge in [0, 0.05) is 32.2 Å². The van der Waals surface area contributed by atoms with E-state index in [0.717, 1.165) is 0 Å². The topological polar surface area (TPSA) is 18.5 Å². The molecule has 0 amide bonds. The van der Waals surface area contributed by atoms with Crippen LogP contribution in [0.15, 0.2) is 0 Å². The van der Waals surface area contributed by atoms with E-state index >= 15 is 0 Å². The second-order valence-electron chi connectivity index (χ2n) is 5.31. The van der Waals surface area contributed by atoms with Crippen LogP contribution >= 0.6 is 0 Å². The van der Waals surface area contributed by atoms with Gasteiger partial charge in [0.1, 0.15) is 0 Å². The van der Waals surface area contributed by atoms with Crippen molar-refractivity contribution < 1.29 is 0 Å². The minimum absolute atomic E-state index is 0.637. The summed E-state index contributed by atoms with van der Waals surface area (Å²) < 4.78 is 0. The van der Waals surface area contributed by atoms with Gasteiger partial charge in [-0.15, -0.1) is 0 Å². The lowest BCUT2D eigenvalue weighted by atomic mass is 10.2. The van der Waals surface area contributed by atoms with Gasteiger partial charge in [-0.05, 0) is 33.0 Å². The summed E-state index contributed by atoms with van der Waals surface area (Å²) in [7, 11) is 2.22. The van der Waals surface area contributed by atoms with Crippen LogP contribution in [0.25, 0.3) is 0 Å². The SMILES string of the molecule is CC(C)NCCCCCN1CCN(C)CC1. The average molecular weight is 227 g/mol. The third-order valence-electron chi connectivity index (χ3n) is 3.30. The van der Waals surface area contributed by atoms with Gasteiger partial charge in [-0.3, -0.25) is 0 Å². The van der Waals surface area contributed by atoms with E-state index in [-0.39, 0.29) is 0 Å². The number of nitrogens with zero attached hydrogens (tertiary/aromatic N) is 2. The van der Waals surface area contributed by atoms with Crippen molar-refractivity contribution in [2.24, 2.45) is 0 Å². The number of rotatable bonds is 7. The molecule has 16 heavy (non-hydrogen) atoms. The Morgan fingerprint density at radius 2 is 1.69 bits per heavy atom. The van der Waals surface area contributed by atoms with E-state index in [9.17, 15) is 0 Å². The van der Waals surface area contributed by atoms with Crippen LogP contribution in [-0.2, 0) is 0 Å². The maximum Gasteiger partial charge on any atom is 0.0110 e. The fraction of sp³-hybridized carbons (Fsp3) is 1.00. The normalized spacial score (nSPS) is 19.5. The zero-order valence-corrected chi connectivity index (χ0v) is 11.3. The molecule has 1 rings (SSSR count). The molecule has 1 N–H and O–H groups in total. The van der Waals surface area contributed by atoms with Gasteiger partial charge in [0.2, 0.25) is 0 Å². The summed E-state index contributed by atoms with van der Waals surface area (Å²) in [5.74, 6) is 0. The predicted octanol–water partition coefficient (Wildman–Crippen LogP) is 1.40. The Labute approximate surface area is 101 Å². The molecule has 0 spiro atoms. The summed E-state index contributed by atoms with van der Waals surface area (Å²) in [6.07, 6.45) is 4.06. The van der Waals surface area contributed by atoms with Crippen LogP contribution < -0.4 is 5.32 Å². The van der Waals surface area contributed by atoms with E-state index in [2.05, 4.69) is 36.0 Å². The predicted molar refractivity (Wildman–Crippen MR) is 70.9 cm³/mol. The van der Waals surface area contributed by atoms with Crippen molar-refractivity contribution in [3.05, 3.63) is 0 Å². The van der Waals surface area contributed by atoms with Crippen molar-refractivity contribution >= 4 is 0 Å². The minimum atomic E-state index is 0.637. The summed E-state index contributed by atoms with van der Waals surface area (Å²) in [5.41, 5.74) is 0. The molecule has 96 valence electrons. The quantitative estimate of drug-likeness (QED) is 0.663. The third-order valence-corrected chi connectivity index (χ3v) is 3.30. The molecule has 0 aromatic carbocycles. The highest BCUT2D eigenvalue weighted by atomic mass is 15.2. The Morgan fingerprint density at radius 1 is 1.00 bits per heavy atom. The second kappa shape index (κ2) is 8.04. The van der Waals surface area contributed by atoms with E-state index in [0.29, 0.717) is 6.04 Å². The Morgan fingerprint density at radius 3 is 2.31 bits per heavy atom. The van der Waals surface area contributed by atoms with E-state index in [1.807, 2.05) is 0 Å². The molecular weight excluding hydrogens is 198 g/mol. The first-order chi connectivity index (χ1) is 7.68. The first-order valence-corrected chi connectivity index (χ1v) is 6.83. The molecule has 1 aliphatic heterocycles. The highest BCUT2D eigenvalue weighted by Crippen LogP contribution is 2.02. The van der Waals surface area contributed by atoms with Gasteiger partial charge in [-0.2, -0.15) is 0 Å². The number of hydrogen-bond donors (Lipinski definition) is 1. The fourth-order valence-corrected chi connectivity index (χ4v) is 2.10. The van der Waals surface area contributed by atoms with Crippen LogP contribution in [0.3, 0.4) is 0 Å². The first-order valence-electron chi connectivity index (χ1n) is 6.83. The molecule has 0 aliphatic carbocycles. The lowest BCUT2D eigenvalue weighted by Crippen LogP contribution is -2.44. The van der Waals surface area contributed by atoms with Crippen LogP contribution in [0.1, 0.15) is 33.1 Å². The first kappa shape index (κ1) is 13.9. The molecule has 0 bridgehead atoms. The molecule has 1 heterocycles. The van der Waals surface area contributed by atoms with Gasteiger partial charge >= 0.3 is 0 Å². The minimum Gasteiger partial charge on any atom is -0.315 e. The standard InChI is InChI=1S/C13H29N3/c1-13(2)14-7-5-4-6-8-16-11-9-15(3)10-12-16/h13-14H,4-12H2,1-3H3. The lowest BCUT2D eigenvalue weighted by Gasteiger charge is -2.32. The van der Waals surface area contributed by atoms with Crippen LogP contribution in [0.5, 0.6) is 0 Å². The van der Waals surface area contributed by atoms with Gasteiger partial charge in [-0.25, -0.2) is 0 Å². The van der Waals surface area contributed by atoms with Crippen molar-refractivity contribution in [1.82, 2.24) is 15.1 Å². The zero-order valence-electron chi connectivity index (χ0n) is 11.3. The molecule has 0 aromatic rings. The van der Waals surface area contributed by atoms with Crippen molar-refractivity contribution in [3.8, 4) is 0 Å². The van der Waals surface area contributed by atoms with Crippen molar-refractivity contribution in [3.63, 3.8) is 0 Å². The molecular formula is C13H29N3. The van der Waals surface area contributed by atoms with Gasteiger partial charge in [0.25, 0.3) is 0 Å². The fourth-order valence-electron chi connectivity index (χ4n) is 2.10. The van der Waals surface area contributed by atoms with Crippen LogP contribution in [0.4, 0.5) is 0 Å². The van der Waals surface area contributed by atoms with Gasteiger partial charge < -0.3 is 15.1 Å². The molecule has 1 fully saturated rings. The van der Waals surface area contributed by atoms with Crippen LogP contribution in [-0.4, -0.2) is 62.2 Å². The monoisotopic (exact) mass is 227 g/mol. The van der Waals surface area contributed by atoms with E-state index < -0.39 is 0 Å². The molecule has 0 radical (unpaired) electrons. The van der Waals surface area contributed by atoms with Crippen LogP contribution in [0.2, 0.25) is 0 Å². The van der Waals surface area contributed by atoms with E-state index in [1.165, 1.54) is 58.5 Å². The van der Waals surface area contributed by atoms with Crippen molar-refractivity contribution in [1.29, 1.82) is 0 Å². The average Bonchev–Trinajstić information content (AvgIpc) is 2.25. The molecule has 0 unspecified atom stereocenters. The van der Waals surface area contributed by atoms with Crippen molar-refractivity contribution in [2.75, 3.05) is 46.3 Å². The zero-order chi connectivity index (χ0) is 11.8. The smallest absolute Gasteiger partial charge is 0.0110 e. The Balaban J connectivity index is 1.87. The molecule has 1 aliphatic rings. The second-order valence-corrected chi connectivity index (χ2v) is 5.31. The largest absolute Gasteiger partial charge is 0.315 e. The Bertz CT molecular complexity index is 163. The molecule has 0 saturated carbocycles. The summed E-state index contributed by atoms with van der Waals surface area (Å²) in [4.78, 5) is 5.03. The number of unbranched alkanes of at least 4 members (excludes halogenated alkanes) is 2. The third kappa shape index (κ3) is 6.46. The molecule has 3 heteroatoms. The highest BCUT2D eigenvalue weighted by molar-refractivity contribution is 4.68. The van der Waals surface area contributed by atoms with Crippen LogP contribution in [0, 0.1) is 0 Å². The maximum absolute atomic E-state index is 3.47. The van der Waals surface area contributed by atoms with Gasteiger partial charge in [0.15, 0.2) is 0 Å².